The second-order valence-electron chi connectivity index (χ2n) is 4.60. The van der Waals surface area contributed by atoms with Crippen LogP contribution in [0.4, 0.5) is 0 Å². The van der Waals surface area contributed by atoms with Crippen molar-refractivity contribution in [1.82, 2.24) is 9.71 Å². The number of pyridine rings is 1. The Morgan fingerprint density at radius 2 is 2.11 bits per heavy atom. The van der Waals surface area contributed by atoms with Gasteiger partial charge in [-0.05, 0) is 46.7 Å². The van der Waals surface area contributed by atoms with Gasteiger partial charge < -0.3 is 0 Å². The van der Waals surface area contributed by atoms with Gasteiger partial charge in [-0.1, -0.05) is 15.9 Å². The highest BCUT2D eigenvalue weighted by Crippen LogP contribution is 2.48. The maximum Gasteiger partial charge on any atom is 0.242 e. The molecule has 2 rings (SSSR count). The normalized spacial score (nSPS) is 17.7. The third-order valence-corrected chi connectivity index (χ3v) is 5.41. The Hall–Kier alpha value is 0.0200. The summed E-state index contributed by atoms with van der Waals surface area (Å²) >= 11 is 6.63. The Balaban J connectivity index is 2.04. The van der Waals surface area contributed by atoms with Crippen molar-refractivity contribution in [3.8, 4) is 0 Å². The molecule has 0 saturated heterocycles. The number of rotatable bonds is 6. The first-order valence-corrected chi connectivity index (χ1v) is 9.03. The zero-order valence-electron chi connectivity index (χ0n) is 9.70. The maximum absolute atomic E-state index is 12.1. The summed E-state index contributed by atoms with van der Waals surface area (Å²) in [6.45, 7) is 0.507. The van der Waals surface area contributed by atoms with Crippen LogP contribution < -0.4 is 4.72 Å². The molecule has 1 saturated carbocycles. The first-order valence-electron chi connectivity index (χ1n) is 5.64. The van der Waals surface area contributed by atoms with Crippen molar-refractivity contribution in [2.45, 2.75) is 24.2 Å². The molecule has 0 aromatic carbocycles. The van der Waals surface area contributed by atoms with Crippen molar-refractivity contribution in [2.75, 3.05) is 11.9 Å². The van der Waals surface area contributed by atoms with Gasteiger partial charge in [0, 0.05) is 28.7 Å². The second kappa shape index (κ2) is 5.56. The summed E-state index contributed by atoms with van der Waals surface area (Å²) in [6.07, 6.45) is 6.12. The van der Waals surface area contributed by atoms with Gasteiger partial charge >= 0.3 is 0 Å². The van der Waals surface area contributed by atoms with Crippen molar-refractivity contribution in [2.24, 2.45) is 5.41 Å². The number of hydrogen-bond acceptors (Lipinski definition) is 3. The lowest BCUT2D eigenvalue weighted by Crippen LogP contribution is -2.30. The van der Waals surface area contributed by atoms with Gasteiger partial charge in [0.2, 0.25) is 10.0 Å². The molecule has 0 radical (unpaired) electrons. The lowest BCUT2D eigenvalue weighted by molar-refractivity contribution is 0.480. The molecule has 4 nitrogen and oxygen atoms in total. The zero-order valence-corrected chi connectivity index (χ0v) is 13.7. The minimum Gasteiger partial charge on any atom is -0.262 e. The monoisotopic (exact) mass is 396 g/mol. The number of nitrogens with one attached hydrogen (secondary N) is 1. The third-order valence-electron chi connectivity index (χ3n) is 3.21. The molecule has 7 heteroatoms. The fourth-order valence-corrected chi connectivity index (χ4v) is 4.27. The van der Waals surface area contributed by atoms with Crippen molar-refractivity contribution in [3.05, 3.63) is 22.9 Å². The van der Waals surface area contributed by atoms with E-state index in [1.807, 2.05) is 0 Å². The lowest BCUT2D eigenvalue weighted by atomic mass is 10.1. The third kappa shape index (κ3) is 3.53. The van der Waals surface area contributed by atoms with Crippen LogP contribution in [0.25, 0.3) is 0 Å². The van der Waals surface area contributed by atoms with Crippen molar-refractivity contribution >= 4 is 41.9 Å². The lowest BCUT2D eigenvalue weighted by Gasteiger charge is -2.14. The topological polar surface area (TPSA) is 59.1 Å². The summed E-state index contributed by atoms with van der Waals surface area (Å²) in [6, 6.07) is 1.55. The van der Waals surface area contributed by atoms with E-state index in [1.54, 1.807) is 12.3 Å². The van der Waals surface area contributed by atoms with Crippen molar-refractivity contribution < 1.29 is 8.42 Å². The highest BCUT2D eigenvalue weighted by molar-refractivity contribution is 9.10. The minimum atomic E-state index is -3.45. The molecular weight excluding hydrogens is 384 g/mol. The van der Waals surface area contributed by atoms with Crippen LogP contribution in [-0.2, 0) is 10.0 Å². The maximum atomic E-state index is 12.1. The SMILES string of the molecule is O=S(=O)(NCC1(CCBr)CC1)c1cncc(Br)c1. The molecule has 0 aliphatic heterocycles. The second-order valence-corrected chi connectivity index (χ2v) is 8.08. The predicted molar refractivity (Wildman–Crippen MR) is 77.2 cm³/mol. The van der Waals surface area contributed by atoms with Crippen LogP contribution in [0.5, 0.6) is 0 Å². The number of halogens is 2. The number of aromatic nitrogens is 1. The quantitative estimate of drug-likeness (QED) is 0.750. The molecule has 1 aliphatic carbocycles. The molecule has 1 aromatic heterocycles. The van der Waals surface area contributed by atoms with Crippen LogP contribution in [0.15, 0.2) is 27.8 Å². The average Bonchev–Trinajstić information content (AvgIpc) is 3.08. The summed E-state index contributed by atoms with van der Waals surface area (Å²) < 4.78 is 27.5. The summed E-state index contributed by atoms with van der Waals surface area (Å²) in [4.78, 5) is 4.07. The molecule has 0 unspecified atom stereocenters. The molecule has 0 amide bonds. The van der Waals surface area contributed by atoms with Crippen LogP contribution >= 0.6 is 31.9 Å². The van der Waals surface area contributed by atoms with E-state index in [-0.39, 0.29) is 10.3 Å². The number of sulfonamides is 1. The van der Waals surface area contributed by atoms with Crippen LogP contribution in [0.1, 0.15) is 19.3 Å². The Morgan fingerprint density at radius 1 is 1.39 bits per heavy atom. The van der Waals surface area contributed by atoms with E-state index >= 15 is 0 Å². The van der Waals surface area contributed by atoms with Gasteiger partial charge in [-0.3, -0.25) is 4.98 Å². The molecule has 100 valence electrons. The molecule has 18 heavy (non-hydrogen) atoms. The van der Waals surface area contributed by atoms with E-state index in [9.17, 15) is 8.42 Å². The van der Waals surface area contributed by atoms with Gasteiger partial charge in [0.25, 0.3) is 0 Å². The van der Waals surface area contributed by atoms with E-state index < -0.39 is 10.0 Å². The minimum absolute atomic E-state index is 0.163. The van der Waals surface area contributed by atoms with Crippen molar-refractivity contribution in [3.63, 3.8) is 0 Å². The van der Waals surface area contributed by atoms with Crippen LogP contribution in [0, 0.1) is 5.41 Å². The van der Waals surface area contributed by atoms with Gasteiger partial charge in [-0.25, -0.2) is 13.1 Å². The number of alkyl halides is 1. The fraction of sp³-hybridized carbons (Fsp3) is 0.545. The molecule has 1 heterocycles. The van der Waals surface area contributed by atoms with Crippen LogP contribution in [0.3, 0.4) is 0 Å². The van der Waals surface area contributed by atoms with Gasteiger partial charge in [0.15, 0.2) is 0 Å². The number of nitrogens with zero attached hydrogens (tertiary/aromatic N) is 1. The van der Waals surface area contributed by atoms with E-state index in [4.69, 9.17) is 0 Å². The molecule has 1 N–H and O–H groups in total. The van der Waals surface area contributed by atoms with E-state index in [2.05, 4.69) is 41.6 Å². The molecule has 1 fully saturated rings. The van der Waals surface area contributed by atoms with Crippen molar-refractivity contribution in [1.29, 1.82) is 0 Å². The average molecular weight is 398 g/mol. The predicted octanol–water partition coefficient (Wildman–Crippen LogP) is 2.69. The fourth-order valence-electron chi connectivity index (χ4n) is 1.76. The van der Waals surface area contributed by atoms with Crippen LogP contribution in [0.2, 0.25) is 0 Å². The van der Waals surface area contributed by atoms with E-state index in [0.717, 1.165) is 24.6 Å². The van der Waals surface area contributed by atoms with Crippen LogP contribution in [-0.4, -0.2) is 25.3 Å². The van der Waals surface area contributed by atoms with E-state index in [1.165, 1.54) is 6.20 Å². The molecule has 1 aromatic rings. The van der Waals surface area contributed by atoms with Gasteiger partial charge in [0.05, 0.1) is 0 Å². The first kappa shape index (κ1) is 14.4. The Labute approximate surface area is 124 Å². The zero-order chi connectivity index (χ0) is 13.2. The summed E-state index contributed by atoms with van der Waals surface area (Å²) in [5, 5.41) is 0.910. The Bertz CT molecular complexity index is 530. The Kier molecular flexibility index (Phi) is 4.46. The first-order chi connectivity index (χ1) is 8.47. The van der Waals surface area contributed by atoms with Gasteiger partial charge in [-0.2, -0.15) is 0 Å². The summed E-state index contributed by atoms with van der Waals surface area (Å²) in [7, 11) is -3.45. The standard InChI is InChI=1S/C11H14Br2N2O2S/c12-4-3-11(1-2-11)8-15-18(16,17)10-5-9(13)6-14-7-10/h5-7,15H,1-4,8H2. The molecule has 1 aliphatic rings. The number of hydrogen-bond donors (Lipinski definition) is 1. The molecule has 0 spiro atoms. The van der Waals surface area contributed by atoms with Gasteiger partial charge in [-0.15, -0.1) is 0 Å². The molecule has 0 bridgehead atoms. The summed E-state index contributed by atoms with van der Waals surface area (Å²) in [5.41, 5.74) is 0.163. The van der Waals surface area contributed by atoms with Gasteiger partial charge in [0.1, 0.15) is 4.90 Å². The highest BCUT2D eigenvalue weighted by atomic mass is 79.9. The Morgan fingerprint density at radius 3 is 2.67 bits per heavy atom. The molecule has 0 atom stereocenters. The van der Waals surface area contributed by atoms with E-state index in [0.29, 0.717) is 11.0 Å². The largest absolute Gasteiger partial charge is 0.262 e. The smallest absolute Gasteiger partial charge is 0.242 e. The highest BCUT2D eigenvalue weighted by Gasteiger charge is 2.42. The summed E-state index contributed by atoms with van der Waals surface area (Å²) in [5.74, 6) is 0. The molecular formula is C11H14Br2N2O2S.